The second-order valence-corrected chi connectivity index (χ2v) is 15.6. The fourth-order valence-corrected chi connectivity index (χ4v) is 11.0. The Labute approximate surface area is 210 Å². The average Bonchev–Trinajstić information content (AvgIpc) is 2.81. The Morgan fingerprint density at radius 2 is 1.59 bits per heavy atom. The van der Waals surface area contributed by atoms with Crippen LogP contribution in [0.25, 0.3) is 0 Å². The number of hydrogen-bond acceptors (Lipinski definition) is 3. The van der Waals surface area contributed by atoms with Gasteiger partial charge in [-0.05, 0) is 67.1 Å². The van der Waals surface area contributed by atoms with Gasteiger partial charge >= 0.3 is 0 Å². The first-order valence-electron chi connectivity index (χ1n) is 12.9. The van der Waals surface area contributed by atoms with Crippen LogP contribution in [-0.2, 0) is 9.22 Å². The van der Waals surface area contributed by atoms with E-state index in [-0.39, 0.29) is 17.9 Å². The lowest BCUT2D eigenvalue weighted by Gasteiger charge is -2.46. The Kier molecular flexibility index (Phi) is 12.9. The van der Waals surface area contributed by atoms with E-state index in [1.54, 1.807) is 12.0 Å². The minimum absolute atomic E-state index is 0.00478. The normalized spacial score (nSPS) is 14.1. The number of carbonyl (C=O) groups excluding carboxylic acids is 1. The van der Waals surface area contributed by atoms with Gasteiger partial charge in [0.1, 0.15) is 5.75 Å². The monoisotopic (exact) mass is 487 g/mol. The summed E-state index contributed by atoms with van der Waals surface area (Å²) in [6.45, 7) is 20.1. The summed E-state index contributed by atoms with van der Waals surface area (Å²) in [7, 11) is 1.39. The Balaban J connectivity index is 3.13. The van der Waals surface area contributed by atoms with Crippen LogP contribution in [0.3, 0.4) is 0 Å². The number of carbonyl (C=O) groups is 1. The summed E-state index contributed by atoms with van der Waals surface area (Å²) in [5.41, 5.74) is 2.35. The van der Waals surface area contributed by atoms with E-state index in [0.717, 1.165) is 24.3 Å². The number of ether oxygens (including phenoxy) is 1. The SMILES string of the molecule is C=C[C@@H](CC/C=C/C)[C@@H](CCC(=O)N(C)c1ccc(OC)cc1)O[Si](C(C)C)(C(C)C)C(C)C. The Bertz CT molecular complexity index is 748. The summed E-state index contributed by atoms with van der Waals surface area (Å²) in [6.07, 6.45) is 9.47. The lowest BCUT2D eigenvalue weighted by molar-refractivity contribution is -0.118. The predicted octanol–water partition coefficient (Wildman–Crippen LogP) is 8.16. The molecule has 0 aliphatic carbocycles. The van der Waals surface area contributed by atoms with E-state index in [1.165, 1.54) is 0 Å². The number of hydrogen-bond donors (Lipinski definition) is 0. The average molecular weight is 488 g/mol. The summed E-state index contributed by atoms with van der Waals surface area (Å²) in [5.74, 6) is 1.10. The van der Waals surface area contributed by atoms with Crippen molar-refractivity contribution in [3.63, 3.8) is 0 Å². The van der Waals surface area contributed by atoms with Crippen LogP contribution in [0, 0.1) is 5.92 Å². The van der Waals surface area contributed by atoms with Crippen molar-refractivity contribution in [1.82, 2.24) is 0 Å². The molecular formula is C29H49NO3Si. The van der Waals surface area contributed by atoms with Gasteiger partial charge in [-0.2, -0.15) is 0 Å². The maximum Gasteiger partial charge on any atom is 0.226 e. The molecule has 4 nitrogen and oxygen atoms in total. The molecule has 1 aromatic carbocycles. The number of rotatable bonds is 15. The molecule has 1 aromatic rings. The third-order valence-corrected chi connectivity index (χ3v) is 13.3. The zero-order chi connectivity index (χ0) is 25.9. The molecule has 2 atom stereocenters. The van der Waals surface area contributed by atoms with Gasteiger partial charge in [0.15, 0.2) is 0 Å². The molecule has 0 saturated heterocycles. The zero-order valence-electron chi connectivity index (χ0n) is 23.1. The van der Waals surface area contributed by atoms with Crippen molar-refractivity contribution in [2.45, 2.75) is 96.9 Å². The molecule has 0 saturated carbocycles. The third-order valence-electron chi connectivity index (χ3n) is 7.22. The van der Waals surface area contributed by atoms with E-state index in [4.69, 9.17) is 9.16 Å². The number of amides is 1. The molecule has 1 rings (SSSR count). The van der Waals surface area contributed by atoms with Crippen molar-refractivity contribution < 1.29 is 14.0 Å². The predicted molar refractivity (Wildman–Crippen MR) is 149 cm³/mol. The second-order valence-electron chi connectivity index (χ2n) is 10.2. The van der Waals surface area contributed by atoms with Crippen molar-refractivity contribution >= 4 is 19.9 Å². The smallest absolute Gasteiger partial charge is 0.226 e. The number of benzene rings is 1. The van der Waals surface area contributed by atoms with Crippen molar-refractivity contribution in [2.24, 2.45) is 5.92 Å². The topological polar surface area (TPSA) is 38.8 Å². The van der Waals surface area contributed by atoms with E-state index >= 15 is 0 Å². The Morgan fingerprint density at radius 3 is 2.03 bits per heavy atom. The number of methoxy groups -OCH3 is 1. The molecule has 0 radical (unpaired) electrons. The lowest BCUT2D eigenvalue weighted by Crippen LogP contribution is -2.51. The highest BCUT2D eigenvalue weighted by molar-refractivity contribution is 6.77. The highest BCUT2D eigenvalue weighted by atomic mass is 28.4. The van der Waals surface area contributed by atoms with Gasteiger partial charge < -0.3 is 14.1 Å². The third kappa shape index (κ3) is 7.84. The molecule has 0 aliphatic rings. The van der Waals surface area contributed by atoms with Crippen LogP contribution in [0.2, 0.25) is 16.6 Å². The van der Waals surface area contributed by atoms with Crippen molar-refractivity contribution in [2.75, 3.05) is 19.1 Å². The minimum Gasteiger partial charge on any atom is -0.497 e. The number of allylic oxidation sites excluding steroid dienone is 2. The summed E-state index contributed by atoms with van der Waals surface area (Å²) in [6, 6.07) is 7.60. The van der Waals surface area contributed by atoms with Gasteiger partial charge in [-0.25, -0.2) is 0 Å². The van der Waals surface area contributed by atoms with Crippen LogP contribution in [0.4, 0.5) is 5.69 Å². The van der Waals surface area contributed by atoms with Gasteiger partial charge in [-0.3, -0.25) is 4.79 Å². The highest BCUT2D eigenvalue weighted by Gasteiger charge is 2.47. The Morgan fingerprint density at radius 1 is 1.03 bits per heavy atom. The van der Waals surface area contributed by atoms with Crippen molar-refractivity contribution in [3.8, 4) is 5.75 Å². The van der Waals surface area contributed by atoms with Gasteiger partial charge in [0.2, 0.25) is 14.2 Å². The number of anilines is 1. The molecule has 0 bridgehead atoms. The molecule has 0 spiro atoms. The summed E-state index contributed by atoms with van der Waals surface area (Å²) in [5, 5.41) is 0. The summed E-state index contributed by atoms with van der Waals surface area (Å²) < 4.78 is 12.5. The number of nitrogens with zero attached hydrogens (tertiary/aromatic N) is 1. The molecule has 192 valence electrons. The summed E-state index contributed by atoms with van der Waals surface area (Å²) in [4.78, 5) is 14.9. The fraction of sp³-hybridized carbons (Fsp3) is 0.621. The lowest BCUT2D eigenvalue weighted by atomic mass is 9.93. The van der Waals surface area contributed by atoms with E-state index in [2.05, 4.69) is 67.2 Å². The molecule has 34 heavy (non-hydrogen) atoms. The van der Waals surface area contributed by atoms with Crippen LogP contribution in [0.5, 0.6) is 5.75 Å². The maximum atomic E-state index is 13.2. The van der Waals surface area contributed by atoms with Crippen LogP contribution in [0.1, 0.15) is 74.1 Å². The first-order valence-corrected chi connectivity index (χ1v) is 15.0. The molecule has 0 unspecified atom stereocenters. The molecule has 0 aromatic heterocycles. The highest BCUT2D eigenvalue weighted by Crippen LogP contribution is 2.44. The molecule has 1 amide bonds. The molecule has 0 N–H and O–H groups in total. The quantitative estimate of drug-likeness (QED) is 0.185. The fourth-order valence-electron chi connectivity index (χ4n) is 5.32. The van der Waals surface area contributed by atoms with Crippen LogP contribution in [0.15, 0.2) is 49.1 Å². The Hall–Kier alpha value is -1.85. The van der Waals surface area contributed by atoms with Gasteiger partial charge in [-0.15, -0.1) is 6.58 Å². The van der Waals surface area contributed by atoms with Crippen LogP contribution < -0.4 is 9.64 Å². The minimum atomic E-state index is -2.10. The largest absolute Gasteiger partial charge is 0.497 e. The second kappa shape index (κ2) is 14.5. The van der Waals surface area contributed by atoms with Gasteiger partial charge in [-0.1, -0.05) is 59.8 Å². The molecule has 0 aliphatic heterocycles. The van der Waals surface area contributed by atoms with Gasteiger partial charge in [0, 0.05) is 25.1 Å². The van der Waals surface area contributed by atoms with Gasteiger partial charge in [0.25, 0.3) is 0 Å². The van der Waals surface area contributed by atoms with E-state index in [9.17, 15) is 4.79 Å². The zero-order valence-corrected chi connectivity index (χ0v) is 24.1. The molecule has 0 fully saturated rings. The van der Waals surface area contributed by atoms with E-state index < -0.39 is 8.32 Å². The first kappa shape index (κ1) is 30.2. The molecule has 0 heterocycles. The van der Waals surface area contributed by atoms with Crippen molar-refractivity contribution in [1.29, 1.82) is 0 Å². The molecule has 5 heteroatoms. The first-order chi connectivity index (χ1) is 16.0. The molecular weight excluding hydrogens is 438 g/mol. The van der Waals surface area contributed by atoms with E-state index in [1.807, 2.05) is 37.4 Å². The van der Waals surface area contributed by atoms with Crippen molar-refractivity contribution in [3.05, 3.63) is 49.1 Å². The standard InChI is InChI=1S/C29H49NO3Si/c1-11-13-14-15-25(12-2)28(33-34(22(3)4,23(5)6)24(7)8)20-21-29(31)30(9)26-16-18-27(32-10)19-17-26/h11-13,16-19,22-25,28H,2,14-15,20-21H2,1,3-10H3/b13-11+/t25-,28+/m0/s1. The van der Waals surface area contributed by atoms with Gasteiger partial charge in [0.05, 0.1) is 13.2 Å². The van der Waals surface area contributed by atoms with Crippen LogP contribution >= 0.6 is 0 Å². The van der Waals surface area contributed by atoms with E-state index in [0.29, 0.717) is 29.5 Å². The van der Waals surface area contributed by atoms with Crippen LogP contribution in [-0.4, -0.2) is 34.5 Å². The maximum absolute atomic E-state index is 13.2. The summed E-state index contributed by atoms with van der Waals surface area (Å²) >= 11 is 0.